The van der Waals surface area contributed by atoms with E-state index in [1.54, 1.807) is 6.08 Å². The summed E-state index contributed by atoms with van der Waals surface area (Å²) in [7, 11) is 0. The fourth-order valence-electron chi connectivity index (χ4n) is 3.09. The third-order valence-electron chi connectivity index (χ3n) is 3.71. The number of halogens is 6. The molecular formula is C9H6Cl6O3S. The van der Waals surface area contributed by atoms with Crippen molar-refractivity contribution in [2.24, 2.45) is 17.8 Å². The Morgan fingerprint density at radius 3 is 2.37 bits per heavy atom. The minimum absolute atomic E-state index is 0.180. The molecule has 0 N–H and O–H groups in total. The van der Waals surface area contributed by atoms with E-state index >= 15 is 0 Å². The molecule has 5 unspecified atom stereocenters. The molecule has 108 valence electrons. The van der Waals surface area contributed by atoms with E-state index in [0.29, 0.717) is 11.5 Å². The zero-order valence-electron chi connectivity index (χ0n) is 8.92. The maximum absolute atomic E-state index is 11.6. The maximum atomic E-state index is 11.6. The van der Waals surface area contributed by atoms with Crippen molar-refractivity contribution < 1.29 is 12.6 Å². The van der Waals surface area contributed by atoms with Crippen LogP contribution in [0.4, 0.5) is 0 Å². The molecule has 0 spiro atoms. The van der Waals surface area contributed by atoms with Crippen LogP contribution in [0.15, 0.2) is 11.1 Å². The zero-order valence-corrected chi connectivity index (χ0v) is 14.3. The van der Waals surface area contributed by atoms with Gasteiger partial charge in [0.2, 0.25) is 9.04 Å². The average molecular weight is 407 g/mol. The Labute approximate surface area is 142 Å². The summed E-state index contributed by atoms with van der Waals surface area (Å²) in [5.74, 6) is -1.52. The third kappa shape index (κ3) is 2.18. The molecule has 1 aliphatic heterocycles. The minimum Gasteiger partial charge on any atom is -0.229 e. The van der Waals surface area contributed by atoms with Crippen LogP contribution in [0, 0.1) is 17.8 Å². The lowest BCUT2D eigenvalue weighted by Crippen LogP contribution is -2.47. The van der Waals surface area contributed by atoms with Crippen LogP contribution >= 0.6 is 69.6 Å². The molecule has 0 aromatic carbocycles. The first-order chi connectivity index (χ1) is 8.58. The van der Waals surface area contributed by atoms with Crippen molar-refractivity contribution in [2.45, 2.75) is 20.3 Å². The molecule has 3 nitrogen and oxygen atoms in total. The highest BCUT2D eigenvalue weighted by atomic mass is 35.5. The van der Waals surface area contributed by atoms with Crippen LogP contribution in [-0.2, 0) is 19.7 Å². The van der Waals surface area contributed by atoms with Gasteiger partial charge in [0.05, 0.1) is 10.8 Å². The predicted octanol–water partition coefficient (Wildman–Crippen LogP) is 4.24. The quantitative estimate of drug-likeness (QED) is 0.564. The standard InChI is InChI=1S/C9H6Cl6O3S/c10-4-1-3-2-7(4,11)6-5(3)8(12,13)17-19(16)18-9(6,14)15/h1,3,5-6H,2H2. The van der Waals surface area contributed by atoms with Gasteiger partial charge in [0.25, 0.3) is 0 Å². The van der Waals surface area contributed by atoms with Gasteiger partial charge in [0.1, 0.15) is 0 Å². The van der Waals surface area contributed by atoms with Crippen molar-refractivity contribution in [3.63, 3.8) is 0 Å². The summed E-state index contributed by atoms with van der Waals surface area (Å²) >= 11 is 34.9. The van der Waals surface area contributed by atoms with E-state index in [0.717, 1.165) is 0 Å². The Morgan fingerprint density at radius 2 is 1.74 bits per heavy atom. The summed E-state index contributed by atoms with van der Waals surface area (Å²) in [5, 5.41) is 0.409. The minimum atomic E-state index is -2.29. The molecule has 0 aromatic heterocycles. The first-order valence-corrected chi connectivity index (χ1v) is 8.48. The number of hydrogen-bond donors (Lipinski definition) is 0. The molecule has 0 radical (unpaired) electrons. The first kappa shape index (κ1) is 15.4. The van der Waals surface area contributed by atoms with Gasteiger partial charge in [-0.3, -0.25) is 0 Å². The Bertz CT molecular complexity index is 494. The summed E-state index contributed by atoms with van der Waals surface area (Å²) in [4.78, 5) is -1.05. The topological polar surface area (TPSA) is 35.5 Å². The van der Waals surface area contributed by atoms with E-state index in [-0.39, 0.29) is 5.92 Å². The Kier molecular flexibility index (Phi) is 3.68. The van der Waals surface area contributed by atoms with Crippen LogP contribution in [0.3, 0.4) is 0 Å². The summed E-state index contributed by atoms with van der Waals surface area (Å²) in [6, 6.07) is 0. The van der Waals surface area contributed by atoms with Crippen molar-refractivity contribution >= 4 is 81.0 Å². The molecule has 0 aromatic rings. The van der Waals surface area contributed by atoms with Crippen molar-refractivity contribution in [1.82, 2.24) is 0 Å². The predicted molar refractivity (Wildman–Crippen MR) is 76.8 cm³/mol. The maximum Gasteiger partial charge on any atom is 0.310 e. The molecule has 1 saturated carbocycles. The number of allylic oxidation sites excluding steroid dienone is 2. The van der Waals surface area contributed by atoms with Crippen LogP contribution < -0.4 is 0 Å². The van der Waals surface area contributed by atoms with Gasteiger partial charge in [-0.15, -0.1) is 11.6 Å². The molecule has 2 aliphatic carbocycles. The van der Waals surface area contributed by atoms with Crippen molar-refractivity contribution in [2.75, 3.05) is 0 Å². The first-order valence-electron chi connectivity index (χ1n) is 5.21. The Morgan fingerprint density at radius 1 is 1.16 bits per heavy atom. The van der Waals surface area contributed by atoms with Crippen LogP contribution in [0.2, 0.25) is 0 Å². The second kappa shape index (κ2) is 4.53. The smallest absolute Gasteiger partial charge is 0.229 e. The lowest BCUT2D eigenvalue weighted by Gasteiger charge is -2.40. The zero-order chi connectivity index (χ0) is 14.2. The SMILES string of the molecule is O=S1OC(Cl)(Cl)C2C3C=C(Cl)C(Cl)(C3)C2C(Cl)(Cl)O1. The van der Waals surface area contributed by atoms with Crippen molar-refractivity contribution in [3.8, 4) is 0 Å². The molecular weight excluding hydrogens is 401 g/mol. The van der Waals surface area contributed by atoms with E-state index in [2.05, 4.69) is 0 Å². The van der Waals surface area contributed by atoms with E-state index in [9.17, 15) is 4.21 Å². The van der Waals surface area contributed by atoms with Crippen molar-refractivity contribution in [1.29, 1.82) is 0 Å². The molecule has 5 atom stereocenters. The largest absolute Gasteiger partial charge is 0.310 e. The molecule has 10 heteroatoms. The summed E-state index contributed by atoms with van der Waals surface area (Å²) < 4.78 is 17.9. The lowest BCUT2D eigenvalue weighted by atomic mass is 9.82. The van der Waals surface area contributed by atoms with Gasteiger partial charge in [0, 0.05) is 11.0 Å². The van der Waals surface area contributed by atoms with Gasteiger partial charge in [-0.25, -0.2) is 8.37 Å². The Balaban J connectivity index is 2.16. The number of rotatable bonds is 0. The summed E-state index contributed by atoms with van der Waals surface area (Å²) in [6.07, 6.45) is 2.21. The second-order valence-corrected chi connectivity index (χ2v) is 9.20. The molecule has 2 bridgehead atoms. The second-order valence-electron chi connectivity index (χ2n) is 4.74. The van der Waals surface area contributed by atoms with E-state index < -0.39 is 37.1 Å². The van der Waals surface area contributed by atoms with Gasteiger partial charge < -0.3 is 0 Å². The summed E-state index contributed by atoms with van der Waals surface area (Å²) in [5.41, 5.74) is 0. The summed E-state index contributed by atoms with van der Waals surface area (Å²) in [6.45, 7) is 0. The van der Waals surface area contributed by atoms with E-state index in [4.69, 9.17) is 78.0 Å². The van der Waals surface area contributed by atoms with Gasteiger partial charge in [-0.2, -0.15) is 4.21 Å². The van der Waals surface area contributed by atoms with Crippen LogP contribution in [0.5, 0.6) is 0 Å². The molecule has 2 fully saturated rings. The number of hydrogen-bond acceptors (Lipinski definition) is 3. The highest BCUT2D eigenvalue weighted by molar-refractivity contribution is 7.75. The van der Waals surface area contributed by atoms with Crippen LogP contribution in [-0.4, -0.2) is 18.1 Å². The fraction of sp³-hybridized carbons (Fsp3) is 0.778. The molecule has 3 rings (SSSR count). The van der Waals surface area contributed by atoms with E-state index in [1.807, 2.05) is 0 Å². The van der Waals surface area contributed by atoms with E-state index in [1.165, 1.54) is 0 Å². The number of alkyl halides is 5. The molecule has 1 saturated heterocycles. The molecule has 19 heavy (non-hydrogen) atoms. The van der Waals surface area contributed by atoms with Crippen LogP contribution in [0.1, 0.15) is 6.42 Å². The molecule has 0 amide bonds. The van der Waals surface area contributed by atoms with Crippen LogP contribution in [0.25, 0.3) is 0 Å². The third-order valence-corrected chi connectivity index (χ3v) is 7.31. The van der Waals surface area contributed by atoms with Gasteiger partial charge in [0.15, 0.2) is 0 Å². The highest BCUT2D eigenvalue weighted by Crippen LogP contribution is 2.69. The Hall–Kier alpha value is 1.55. The monoisotopic (exact) mass is 404 g/mol. The van der Waals surface area contributed by atoms with Crippen molar-refractivity contribution in [3.05, 3.63) is 11.1 Å². The molecule has 3 aliphatic rings. The van der Waals surface area contributed by atoms with Gasteiger partial charge in [-0.05, 0) is 12.3 Å². The van der Waals surface area contributed by atoms with Gasteiger partial charge >= 0.3 is 11.4 Å². The lowest BCUT2D eigenvalue weighted by molar-refractivity contribution is 0.119. The average Bonchev–Trinajstić information content (AvgIpc) is 2.61. The van der Waals surface area contributed by atoms with Gasteiger partial charge in [-0.1, -0.05) is 64.1 Å². The normalized spacial score (nSPS) is 50.5. The molecule has 1 heterocycles. The fourth-order valence-corrected chi connectivity index (χ4v) is 6.54. The number of fused-ring (bicyclic) bond motifs is 5. The highest BCUT2D eigenvalue weighted by Gasteiger charge is 2.71.